The van der Waals surface area contributed by atoms with Crippen LogP contribution in [-0.4, -0.2) is 28.5 Å². The lowest BCUT2D eigenvalue weighted by molar-refractivity contribution is 0.636. The van der Waals surface area contributed by atoms with Crippen LogP contribution in [-0.2, 0) is 27.1 Å². The number of rotatable bonds is 4. The minimum absolute atomic E-state index is 0.0666. The van der Waals surface area contributed by atoms with Crippen LogP contribution in [0.15, 0.2) is 61.6 Å². The van der Waals surface area contributed by atoms with Crippen molar-refractivity contribution < 1.29 is 0 Å². The lowest BCUT2D eigenvalue weighted by atomic mass is 10.1. The Morgan fingerprint density at radius 2 is 1.66 bits per heavy atom. The second-order valence-corrected chi connectivity index (χ2v) is 6.66. The van der Waals surface area contributed by atoms with Crippen molar-refractivity contribution in [2.45, 2.75) is 13.0 Å². The number of hydrogen-bond donors (Lipinski definition) is 1. The van der Waals surface area contributed by atoms with Crippen molar-refractivity contribution in [3.05, 3.63) is 89.6 Å². The maximum absolute atomic E-state index is 12.9. The van der Waals surface area contributed by atoms with E-state index in [4.69, 9.17) is 0 Å². The number of fused-ring (bicyclic) bond motifs is 1. The van der Waals surface area contributed by atoms with Gasteiger partial charge in [0, 0.05) is 32.8 Å². The van der Waals surface area contributed by atoms with E-state index in [2.05, 4.69) is 10.1 Å². The summed E-state index contributed by atoms with van der Waals surface area (Å²) in [6.45, 7) is 0.312. The molecule has 10 nitrogen and oxygen atoms in total. The number of imidazole rings is 1. The molecule has 0 unspecified atom stereocenters. The van der Waals surface area contributed by atoms with Gasteiger partial charge in [-0.3, -0.25) is 28.6 Å². The van der Waals surface area contributed by atoms with Crippen LogP contribution in [0.1, 0.15) is 5.56 Å². The van der Waals surface area contributed by atoms with E-state index in [1.54, 1.807) is 4.57 Å². The van der Waals surface area contributed by atoms with E-state index >= 15 is 0 Å². The van der Waals surface area contributed by atoms with Gasteiger partial charge in [0.05, 0.1) is 0 Å². The molecule has 0 aliphatic carbocycles. The quantitative estimate of drug-likeness (QED) is 0.502. The highest BCUT2D eigenvalue weighted by atomic mass is 16.2. The van der Waals surface area contributed by atoms with E-state index in [1.165, 1.54) is 18.7 Å². The van der Waals surface area contributed by atoms with Gasteiger partial charge in [-0.1, -0.05) is 30.3 Å². The Hall–Kier alpha value is -3.95. The van der Waals surface area contributed by atoms with Crippen LogP contribution in [0.4, 0.5) is 0 Å². The fourth-order valence-electron chi connectivity index (χ4n) is 3.28. The summed E-state index contributed by atoms with van der Waals surface area (Å²) >= 11 is 0. The summed E-state index contributed by atoms with van der Waals surface area (Å²) in [4.78, 5) is 53.7. The summed E-state index contributed by atoms with van der Waals surface area (Å²) in [6, 6.07) is 11.9. The standard InChI is InChI=1S/C19H18N6O4/c1-22-16-15(17(28)23(2)19(22)29)24(11-10-12-6-4-3-5-7-12)18(20-16)25-14(27)9-8-13(26)21-25/h3-9H,10-11H2,1-2H3,(H,21,26). The summed E-state index contributed by atoms with van der Waals surface area (Å²) in [7, 11) is 2.88. The predicted molar refractivity (Wildman–Crippen MR) is 107 cm³/mol. The third-order valence-corrected chi connectivity index (χ3v) is 4.81. The number of benzene rings is 1. The van der Waals surface area contributed by atoms with Crippen molar-refractivity contribution >= 4 is 11.2 Å². The first-order valence-corrected chi connectivity index (χ1v) is 8.91. The molecule has 1 N–H and O–H groups in total. The molecule has 10 heteroatoms. The van der Waals surface area contributed by atoms with Crippen LogP contribution in [0.5, 0.6) is 0 Å². The number of aromatic amines is 1. The fraction of sp³-hybridized carbons (Fsp3) is 0.211. The largest absolute Gasteiger partial charge is 0.332 e. The van der Waals surface area contributed by atoms with E-state index in [0.29, 0.717) is 13.0 Å². The highest BCUT2D eigenvalue weighted by molar-refractivity contribution is 5.72. The zero-order valence-electron chi connectivity index (χ0n) is 15.8. The van der Waals surface area contributed by atoms with Crippen LogP contribution >= 0.6 is 0 Å². The molecule has 0 saturated carbocycles. The molecule has 0 aliphatic heterocycles. The fourth-order valence-corrected chi connectivity index (χ4v) is 3.28. The Bertz CT molecular complexity index is 1450. The molecule has 0 bridgehead atoms. The van der Waals surface area contributed by atoms with Gasteiger partial charge in [-0.25, -0.2) is 4.79 Å². The summed E-state index contributed by atoms with van der Waals surface area (Å²) in [5, 5.41) is 2.43. The molecule has 3 aromatic heterocycles. The summed E-state index contributed by atoms with van der Waals surface area (Å²) in [6.07, 6.45) is 0.553. The number of H-pyrrole nitrogens is 1. The van der Waals surface area contributed by atoms with E-state index < -0.39 is 22.4 Å². The van der Waals surface area contributed by atoms with Crippen molar-refractivity contribution in [2.75, 3.05) is 0 Å². The minimum Gasteiger partial charge on any atom is -0.302 e. The molecule has 29 heavy (non-hydrogen) atoms. The second kappa shape index (κ2) is 6.89. The first kappa shape index (κ1) is 18.4. The van der Waals surface area contributed by atoms with Gasteiger partial charge in [-0.2, -0.15) is 9.67 Å². The van der Waals surface area contributed by atoms with Crippen LogP contribution in [0.25, 0.3) is 17.1 Å². The SMILES string of the molecule is Cn1c(=O)c2c(nc(-n3[nH]c(=O)ccc3=O)n2CCc2ccccc2)n(C)c1=O. The van der Waals surface area contributed by atoms with Crippen molar-refractivity contribution in [2.24, 2.45) is 14.1 Å². The monoisotopic (exact) mass is 394 g/mol. The van der Waals surface area contributed by atoms with Gasteiger partial charge in [0.2, 0.25) is 5.95 Å². The van der Waals surface area contributed by atoms with Gasteiger partial charge in [0.15, 0.2) is 11.2 Å². The Labute approximate surface area is 162 Å². The average Bonchev–Trinajstić information content (AvgIpc) is 3.11. The lowest BCUT2D eigenvalue weighted by Crippen LogP contribution is -2.37. The van der Waals surface area contributed by atoms with Gasteiger partial charge >= 0.3 is 5.69 Å². The van der Waals surface area contributed by atoms with Crippen LogP contribution in [0.3, 0.4) is 0 Å². The van der Waals surface area contributed by atoms with E-state index in [0.717, 1.165) is 26.9 Å². The normalized spacial score (nSPS) is 11.2. The number of aromatic nitrogens is 6. The number of hydrogen-bond acceptors (Lipinski definition) is 5. The highest BCUT2D eigenvalue weighted by Gasteiger charge is 2.21. The third kappa shape index (κ3) is 3.04. The zero-order valence-corrected chi connectivity index (χ0v) is 15.8. The third-order valence-electron chi connectivity index (χ3n) is 4.81. The van der Waals surface area contributed by atoms with Gasteiger partial charge in [0.25, 0.3) is 16.7 Å². The number of aryl methyl sites for hydroxylation is 3. The van der Waals surface area contributed by atoms with Gasteiger partial charge < -0.3 is 4.57 Å². The molecule has 148 valence electrons. The molecular formula is C19H18N6O4. The number of nitrogens with one attached hydrogen (secondary N) is 1. The molecule has 3 heterocycles. The molecule has 1 aromatic carbocycles. The molecule has 0 fully saturated rings. The van der Waals surface area contributed by atoms with Crippen LogP contribution in [0, 0.1) is 0 Å². The zero-order chi connectivity index (χ0) is 20.7. The molecule has 0 atom stereocenters. The van der Waals surface area contributed by atoms with E-state index in [1.807, 2.05) is 30.3 Å². The number of nitrogens with zero attached hydrogens (tertiary/aromatic N) is 5. The topological polar surface area (TPSA) is 117 Å². The van der Waals surface area contributed by atoms with E-state index in [9.17, 15) is 19.2 Å². The average molecular weight is 394 g/mol. The van der Waals surface area contributed by atoms with Gasteiger partial charge in [-0.15, -0.1) is 0 Å². The smallest absolute Gasteiger partial charge is 0.302 e. The first-order valence-electron chi connectivity index (χ1n) is 8.91. The van der Waals surface area contributed by atoms with Gasteiger partial charge in [0.1, 0.15) is 0 Å². The molecule has 0 spiro atoms. The predicted octanol–water partition coefficient (Wildman–Crippen LogP) is -0.484. The Kier molecular flexibility index (Phi) is 4.38. The summed E-state index contributed by atoms with van der Waals surface area (Å²) in [5.74, 6) is 0.0666. The molecule has 4 aromatic rings. The minimum atomic E-state index is -0.532. The van der Waals surface area contributed by atoms with Gasteiger partial charge in [-0.05, 0) is 12.0 Å². The second-order valence-electron chi connectivity index (χ2n) is 6.66. The summed E-state index contributed by atoms with van der Waals surface area (Å²) < 4.78 is 4.77. The molecular weight excluding hydrogens is 376 g/mol. The molecule has 4 rings (SSSR count). The Morgan fingerprint density at radius 1 is 0.931 bits per heavy atom. The van der Waals surface area contributed by atoms with Crippen molar-refractivity contribution in [1.29, 1.82) is 0 Å². The maximum atomic E-state index is 12.9. The van der Waals surface area contributed by atoms with Crippen LogP contribution < -0.4 is 22.4 Å². The Balaban J connectivity index is 2.03. The van der Waals surface area contributed by atoms with Crippen molar-refractivity contribution in [3.8, 4) is 5.95 Å². The van der Waals surface area contributed by atoms with Crippen LogP contribution in [0.2, 0.25) is 0 Å². The lowest BCUT2D eigenvalue weighted by Gasteiger charge is -2.10. The Morgan fingerprint density at radius 3 is 2.38 bits per heavy atom. The molecule has 0 radical (unpaired) electrons. The maximum Gasteiger partial charge on any atom is 0.332 e. The van der Waals surface area contributed by atoms with Crippen molar-refractivity contribution in [1.82, 2.24) is 28.5 Å². The van der Waals surface area contributed by atoms with E-state index in [-0.39, 0.29) is 17.1 Å². The molecule has 0 aliphatic rings. The molecule has 0 amide bonds. The molecule has 0 saturated heterocycles. The highest BCUT2D eigenvalue weighted by Crippen LogP contribution is 2.14. The summed E-state index contributed by atoms with van der Waals surface area (Å²) in [5.41, 5.74) is -0.724. The first-order chi connectivity index (χ1) is 13.9. The van der Waals surface area contributed by atoms with Crippen molar-refractivity contribution in [3.63, 3.8) is 0 Å².